The lowest BCUT2D eigenvalue weighted by Gasteiger charge is -2.11. The zero-order valence-electron chi connectivity index (χ0n) is 19.2. The van der Waals surface area contributed by atoms with Crippen molar-refractivity contribution in [2.75, 3.05) is 14.2 Å². The molecule has 170 valence electrons. The van der Waals surface area contributed by atoms with E-state index in [1.807, 2.05) is 67.6 Å². The van der Waals surface area contributed by atoms with E-state index >= 15 is 0 Å². The fourth-order valence-electron chi connectivity index (χ4n) is 3.63. The van der Waals surface area contributed by atoms with Gasteiger partial charge in [0, 0.05) is 17.1 Å². The molecule has 0 aliphatic carbocycles. The maximum Gasteiger partial charge on any atom is 0.250 e. The molecule has 0 spiro atoms. The Morgan fingerprint density at radius 2 is 1.85 bits per heavy atom. The predicted molar refractivity (Wildman–Crippen MR) is 136 cm³/mol. The van der Waals surface area contributed by atoms with Crippen molar-refractivity contribution in [3.05, 3.63) is 107 Å². The quantitative estimate of drug-likeness (QED) is 0.295. The molecule has 0 bridgehead atoms. The van der Waals surface area contributed by atoms with Crippen LogP contribution in [0.15, 0.2) is 90.6 Å². The summed E-state index contributed by atoms with van der Waals surface area (Å²) < 4.78 is 10.6. The van der Waals surface area contributed by atoms with Gasteiger partial charge in [0.25, 0.3) is 5.91 Å². The lowest BCUT2D eigenvalue weighted by molar-refractivity contribution is -0.117. The van der Waals surface area contributed by atoms with Crippen molar-refractivity contribution in [2.24, 2.45) is 0 Å². The number of methoxy groups -OCH3 is 2. The maximum atomic E-state index is 12.7. The highest BCUT2D eigenvalue weighted by molar-refractivity contribution is 6.31. The number of allylic oxidation sites excluding steroid dienone is 3. The molecule has 4 nitrogen and oxygen atoms in total. The van der Waals surface area contributed by atoms with Crippen LogP contribution in [0.5, 0.6) is 11.5 Å². The van der Waals surface area contributed by atoms with Crippen molar-refractivity contribution in [1.82, 2.24) is 5.32 Å². The Morgan fingerprint density at radius 1 is 1.06 bits per heavy atom. The molecular formula is C28H28ClNO3. The van der Waals surface area contributed by atoms with Gasteiger partial charge in [-0.05, 0) is 71.2 Å². The second kappa shape index (κ2) is 11.4. The highest BCUT2D eigenvalue weighted by atomic mass is 35.5. The second-order valence-electron chi connectivity index (χ2n) is 7.58. The molecule has 0 unspecified atom stereocenters. The van der Waals surface area contributed by atoms with Crippen LogP contribution < -0.4 is 14.8 Å². The van der Waals surface area contributed by atoms with Gasteiger partial charge in [0.15, 0.2) is 11.5 Å². The Kier molecular flexibility index (Phi) is 8.34. The van der Waals surface area contributed by atoms with Crippen LogP contribution in [0.4, 0.5) is 0 Å². The summed E-state index contributed by atoms with van der Waals surface area (Å²) in [6.07, 6.45) is 6.44. The number of hydrogen-bond acceptors (Lipinski definition) is 3. The number of carbonyl (C=O) groups excluding carboxylic acids is 1. The Hall–Kier alpha value is -3.50. The molecule has 3 aromatic rings. The van der Waals surface area contributed by atoms with Crippen LogP contribution in [-0.2, 0) is 17.8 Å². The Balaban J connectivity index is 1.74. The van der Waals surface area contributed by atoms with E-state index in [1.54, 1.807) is 14.2 Å². The second-order valence-corrected chi connectivity index (χ2v) is 8.01. The first-order valence-electron chi connectivity index (χ1n) is 10.6. The van der Waals surface area contributed by atoms with Crippen LogP contribution in [0.25, 0.3) is 10.8 Å². The number of hydrogen-bond donors (Lipinski definition) is 1. The molecule has 0 aliphatic heterocycles. The number of fused-ring (bicyclic) bond motifs is 1. The van der Waals surface area contributed by atoms with Gasteiger partial charge in [-0.1, -0.05) is 60.7 Å². The minimum Gasteiger partial charge on any atom is -0.493 e. The highest BCUT2D eigenvalue weighted by Gasteiger charge is 2.10. The van der Waals surface area contributed by atoms with E-state index < -0.39 is 0 Å². The number of halogens is 1. The first-order chi connectivity index (χ1) is 15.9. The lowest BCUT2D eigenvalue weighted by atomic mass is 9.97. The number of benzene rings is 3. The molecule has 0 aliphatic rings. The van der Waals surface area contributed by atoms with Crippen molar-refractivity contribution < 1.29 is 14.3 Å². The largest absolute Gasteiger partial charge is 0.493 e. The first-order valence-corrected chi connectivity index (χ1v) is 11.0. The first kappa shape index (κ1) is 24.1. The van der Waals surface area contributed by atoms with Gasteiger partial charge in [-0.3, -0.25) is 4.79 Å². The number of ether oxygens (including phenoxy) is 2. The number of amides is 1. The third kappa shape index (κ3) is 6.27. The lowest BCUT2D eigenvalue weighted by Crippen LogP contribution is -2.23. The zero-order valence-corrected chi connectivity index (χ0v) is 19.9. The number of nitrogens with one attached hydrogen (secondary N) is 1. The summed E-state index contributed by atoms with van der Waals surface area (Å²) in [5, 5.41) is 5.84. The Bertz CT molecular complexity index is 1230. The van der Waals surface area contributed by atoms with Gasteiger partial charge in [-0.15, -0.1) is 0 Å². The van der Waals surface area contributed by atoms with Crippen LogP contribution in [0, 0.1) is 0 Å². The molecule has 1 amide bonds. The molecule has 0 atom stereocenters. The van der Waals surface area contributed by atoms with Gasteiger partial charge in [0.2, 0.25) is 0 Å². The van der Waals surface area contributed by atoms with Crippen molar-refractivity contribution in [2.45, 2.75) is 19.9 Å². The van der Waals surface area contributed by atoms with E-state index in [0.29, 0.717) is 35.1 Å². The Morgan fingerprint density at radius 3 is 2.58 bits per heavy atom. The van der Waals surface area contributed by atoms with E-state index in [9.17, 15) is 4.79 Å². The van der Waals surface area contributed by atoms with E-state index in [1.165, 1.54) is 0 Å². The standard InChI is InChI=1S/C28H28ClNO3/c1-5-7-20(15-23-9-6-8-22-11-12-24(29)17-25(22)23)14-19(2)28(31)30-18-21-10-13-26(32-3)27(16-21)33-4/h5-14,16-17H,2,15,18H2,1,3-4H3,(H,30,31)/b7-5-,20-14+. The van der Waals surface area contributed by atoms with Gasteiger partial charge in [0.05, 0.1) is 14.2 Å². The zero-order chi connectivity index (χ0) is 23.8. The summed E-state index contributed by atoms with van der Waals surface area (Å²) in [7, 11) is 3.17. The molecule has 33 heavy (non-hydrogen) atoms. The van der Waals surface area contributed by atoms with Crippen LogP contribution in [-0.4, -0.2) is 20.1 Å². The van der Waals surface area contributed by atoms with E-state index in [2.05, 4.69) is 24.0 Å². The normalized spacial score (nSPS) is 11.6. The summed E-state index contributed by atoms with van der Waals surface area (Å²) in [6, 6.07) is 17.6. The smallest absolute Gasteiger partial charge is 0.250 e. The molecule has 0 saturated heterocycles. The van der Waals surface area contributed by atoms with E-state index in [4.69, 9.17) is 21.1 Å². The van der Waals surface area contributed by atoms with Gasteiger partial charge in [-0.25, -0.2) is 0 Å². The summed E-state index contributed by atoms with van der Waals surface area (Å²) in [5.74, 6) is 1.03. The molecule has 1 N–H and O–H groups in total. The predicted octanol–water partition coefficient (Wildman–Crippen LogP) is 6.43. The summed E-state index contributed by atoms with van der Waals surface area (Å²) in [4.78, 5) is 12.7. The summed E-state index contributed by atoms with van der Waals surface area (Å²) >= 11 is 6.22. The monoisotopic (exact) mass is 461 g/mol. The molecule has 0 fully saturated rings. The van der Waals surface area contributed by atoms with Crippen molar-refractivity contribution in [1.29, 1.82) is 0 Å². The molecule has 0 saturated carbocycles. The van der Waals surface area contributed by atoms with Gasteiger partial charge in [-0.2, -0.15) is 0 Å². The molecule has 0 aromatic heterocycles. The molecule has 3 rings (SSSR count). The van der Waals surface area contributed by atoms with Gasteiger partial charge < -0.3 is 14.8 Å². The average molecular weight is 462 g/mol. The SMILES string of the molecule is C=C(/C=C(\C=C/C)Cc1cccc2ccc(Cl)cc12)C(=O)NCc1ccc(OC)c(OC)c1. The van der Waals surface area contributed by atoms with E-state index in [0.717, 1.165) is 27.5 Å². The van der Waals surface area contributed by atoms with Crippen molar-refractivity contribution >= 4 is 28.3 Å². The fraction of sp³-hybridized carbons (Fsp3) is 0.179. The minimum absolute atomic E-state index is 0.229. The van der Waals surface area contributed by atoms with Gasteiger partial charge in [0.1, 0.15) is 0 Å². The van der Waals surface area contributed by atoms with Gasteiger partial charge >= 0.3 is 0 Å². The molecule has 5 heteroatoms. The van der Waals surface area contributed by atoms with Crippen LogP contribution in [0.3, 0.4) is 0 Å². The third-order valence-corrected chi connectivity index (χ3v) is 5.50. The van der Waals surface area contributed by atoms with Crippen LogP contribution >= 0.6 is 11.6 Å². The summed E-state index contributed by atoms with van der Waals surface area (Å²) in [5.41, 5.74) is 3.41. The average Bonchev–Trinajstić information content (AvgIpc) is 2.82. The number of rotatable bonds is 9. The highest BCUT2D eigenvalue weighted by Crippen LogP contribution is 2.28. The van der Waals surface area contributed by atoms with Crippen LogP contribution in [0.2, 0.25) is 5.02 Å². The fourth-order valence-corrected chi connectivity index (χ4v) is 3.80. The number of carbonyl (C=O) groups is 1. The molecule has 3 aromatic carbocycles. The molecule has 0 radical (unpaired) electrons. The Labute approximate surface area is 200 Å². The van der Waals surface area contributed by atoms with E-state index in [-0.39, 0.29) is 5.91 Å². The molecular weight excluding hydrogens is 434 g/mol. The van der Waals surface area contributed by atoms with Crippen LogP contribution in [0.1, 0.15) is 18.1 Å². The third-order valence-electron chi connectivity index (χ3n) is 5.26. The minimum atomic E-state index is -0.229. The summed E-state index contributed by atoms with van der Waals surface area (Å²) in [6.45, 7) is 6.29. The topological polar surface area (TPSA) is 47.6 Å². The molecule has 0 heterocycles. The van der Waals surface area contributed by atoms with Crippen molar-refractivity contribution in [3.63, 3.8) is 0 Å². The maximum absolute atomic E-state index is 12.7. The van der Waals surface area contributed by atoms with Crippen molar-refractivity contribution in [3.8, 4) is 11.5 Å².